The van der Waals surface area contributed by atoms with Crippen LogP contribution in [0.15, 0.2) is 18.2 Å². The van der Waals surface area contributed by atoms with Crippen LogP contribution in [0.4, 0.5) is 18.9 Å². The lowest BCUT2D eigenvalue weighted by molar-refractivity contribution is -0.143. The van der Waals surface area contributed by atoms with Crippen LogP contribution in [0.3, 0.4) is 0 Å². The molecule has 5 nitrogen and oxygen atoms in total. The number of carbonyl (C=O) groups is 2. The number of amides is 1. The average molecular weight is 401 g/mol. The molecule has 2 N–H and O–H groups in total. The molecule has 1 aliphatic heterocycles. The molecule has 1 heterocycles. The van der Waals surface area contributed by atoms with Gasteiger partial charge in [0.1, 0.15) is 0 Å². The molecule has 0 spiro atoms. The van der Waals surface area contributed by atoms with Crippen LogP contribution in [0.1, 0.15) is 18.4 Å². The number of halogens is 5. The average Bonchev–Trinajstić information content (AvgIpc) is 2.48. The molecule has 1 aromatic carbocycles. The zero-order valence-corrected chi connectivity index (χ0v) is 14.5. The van der Waals surface area contributed by atoms with E-state index in [4.69, 9.17) is 16.7 Å². The summed E-state index contributed by atoms with van der Waals surface area (Å²) >= 11 is 5.83. The van der Waals surface area contributed by atoms with Crippen LogP contribution in [-0.2, 0) is 15.8 Å². The van der Waals surface area contributed by atoms with E-state index in [2.05, 4.69) is 5.32 Å². The van der Waals surface area contributed by atoms with Crippen molar-refractivity contribution in [2.75, 3.05) is 25.0 Å². The lowest BCUT2D eigenvalue weighted by Gasteiger charge is -2.29. The minimum absolute atomic E-state index is 0. The molecule has 0 radical (unpaired) electrons. The standard InChI is InChI=1S/C15H16ClF3N2O3.ClH/c16-11-2-1-10(15(17,18)19)7-12(11)20-13(22)8-21-5-3-9(4-6-21)14(23)24;/h1-2,7,9H,3-6,8H2,(H,20,22)(H,23,24);1H. The van der Waals surface area contributed by atoms with Crippen molar-refractivity contribution in [3.05, 3.63) is 28.8 Å². The smallest absolute Gasteiger partial charge is 0.416 e. The van der Waals surface area contributed by atoms with E-state index >= 15 is 0 Å². The first-order chi connectivity index (χ1) is 11.2. The molecule has 0 unspecified atom stereocenters. The van der Waals surface area contributed by atoms with E-state index in [1.807, 2.05) is 0 Å². The Labute approximate surface area is 153 Å². The zero-order chi connectivity index (χ0) is 17.9. The maximum atomic E-state index is 12.7. The van der Waals surface area contributed by atoms with E-state index in [0.717, 1.165) is 18.2 Å². The third-order valence-corrected chi connectivity index (χ3v) is 4.20. The molecular formula is C15H17Cl2F3N2O3. The van der Waals surface area contributed by atoms with Crippen molar-refractivity contribution >= 4 is 41.6 Å². The van der Waals surface area contributed by atoms with E-state index in [0.29, 0.717) is 25.9 Å². The number of carbonyl (C=O) groups excluding carboxylic acids is 1. The number of nitrogens with zero attached hydrogens (tertiary/aromatic N) is 1. The highest BCUT2D eigenvalue weighted by Crippen LogP contribution is 2.33. The Hall–Kier alpha value is -1.51. The maximum absolute atomic E-state index is 12.7. The summed E-state index contributed by atoms with van der Waals surface area (Å²) in [5.41, 5.74) is -0.999. The molecular weight excluding hydrogens is 384 g/mol. The lowest BCUT2D eigenvalue weighted by Crippen LogP contribution is -2.40. The van der Waals surface area contributed by atoms with Crippen molar-refractivity contribution in [2.24, 2.45) is 5.92 Å². The molecule has 0 aromatic heterocycles. The second-order valence-electron chi connectivity index (χ2n) is 5.63. The van der Waals surface area contributed by atoms with E-state index in [1.165, 1.54) is 0 Å². The van der Waals surface area contributed by atoms with Crippen molar-refractivity contribution in [1.82, 2.24) is 4.90 Å². The molecule has 1 fully saturated rings. The number of piperidine rings is 1. The van der Waals surface area contributed by atoms with Gasteiger partial charge in [0.15, 0.2) is 0 Å². The van der Waals surface area contributed by atoms with Crippen molar-refractivity contribution in [3.63, 3.8) is 0 Å². The number of nitrogens with one attached hydrogen (secondary N) is 1. The second kappa shape index (κ2) is 8.73. The molecule has 0 saturated carbocycles. The number of carboxylic acid groups (broad SMARTS) is 1. The lowest BCUT2D eigenvalue weighted by atomic mass is 9.97. The van der Waals surface area contributed by atoms with Crippen LogP contribution in [-0.4, -0.2) is 41.5 Å². The SMILES string of the molecule is Cl.O=C(CN1CCC(C(=O)O)CC1)Nc1cc(C(F)(F)F)ccc1Cl. The third-order valence-electron chi connectivity index (χ3n) is 3.87. The number of hydrogen-bond acceptors (Lipinski definition) is 3. The summed E-state index contributed by atoms with van der Waals surface area (Å²) in [7, 11) is 0. The second-order valence-corrected chi connectivity index (χ2v) is 6.04. The molecule has 10 heteroatoms. The van der Waals surface area contributed by atoms with E-state index in [9.17, 15) is 22.8 Å². The molecule has 1 aromatic rings. The Morgan fingerprint density at radius 2 is 1.88 bits per heavy atom. The quantitative estimate of drug-likeness (QED) is 0.810. The number of rotatable bonds is 4. The summed E-state index contributed by atoms with van der Waals surface area (Å²) < 4.78 is 38.1. The highest BCUT2D eigenvalue weighted by atomic mass is 35.5. The Morgan fingerprint density at radius 1 is 1.28 bits per heavy atom. The summed E-state index contributed by atoms with van der Waals surface area (Å²) in [5, 5.41) is 11.3. The van der Waals surface area contributed by atoms with Gasteiger partial charge in [-0.3, -0.25) is 14.5 Å². The molecule has 1 amide bonds. The van der Waals surface area contributed by atoms with Gasteiger partial charge in [0.25, 0.3) is 0 Å². The molecule has 1 aliphatic rings. The molecule has 0 atom stereocenters. The van der Waals surface area contributed by atoms with Gasteiger partial charge in [0.05, 0.1) is 28.7 Å². The van der Waals surface area contributed by atoms with Crippen LogP contribution >= 0.6 is 24.0 Å². The van der Waals surface area contributed by atoms with Gasteiger partial charge in [0, 0.05) is 0 Å². The summed E-state index contributed by atoms with van der Waals surface area (Å²) in [5.74, 6) is -1.76. The summed E-state index contributed by atoms with van der Waals surface area (Å²) in [6, 6.07) is 2.71. The van der Waals surface area contributed by atoms with Crippen LogP contribution in [0, 0.1) is 5.92 Å². The number of aliphatic carboxylic acids is 1. The minimum atomic E-state index is -4.53. The molecule has 0 bridgehead atoms. The van der Waals surface area contributed by atoms with Gasteiger partial charge in [-0.05, 0) is 44.1 Å². The fraction of sp³-hybridized carbons (Fsp3) is 0.467. The van der Waals surface area contributed by atoms with Gasteiger partial charge in [-0.15, -0.1) is 12.4 Å². The Bertz CT molecular complexity index is 633. The van der Waals surface area contributed by atoms with E-state index in [-0.39, 0.29) is 29.7 Å². The van der Waals surface area contributed by atoms with Gasteiger partial charge in [0.2, 0.25) is 5.91 Å². The maximum Gasteiger partial charge on any atom is 0.416 e. The monoisotopic (exact) mass is 400 g/mol. The largest absolute Gasteiger partial charge is 0.481 e. The topological polar surface area (TPSA) is 69.6 Å². The Balaban J connectivity index is 0.00000312. The molecule has 140 valence electrons. The van der Waals surface area contributed by atoms with E-state index < -0.39 is 29.5 Å². The fourth-order valence-corrected chi connectivity index (χ4v) is 2.69. The normalized spacial score (nSPS) is 16.2. The molecule has 1 saturated heterocycles. The van der Waals surface area contributed by atoms with Crippen LogP contribution in [0.25, 0.3) is 0 Å². The van der Waals surface area contributed by atoms with Gasteiger partial charge in [-0.25, -0.2) is 0 Å². The van der Waals surface area contributed by atoms with Gasteiger partial charge in [-0.2, -0.15) is 13.2 Å². The van der Waals surface area contributed by atoms with Crippen molar-refractivity contribution < 1.29 is 27.9 Å². The number of hydrogen-bond donors (Lipinski definition) is 2. The van der Waals surface area contributed by atoms with Gasteiger partial charge >= 0.3 is 12.1 Å². The van der Waals surface area contributed by atoms with Crippen LogP contribution in [0.5, 0.6) is 0 Å². The van der Waals surface area contributed by atoms with E-state index in [1.54, 1.807) is 4.90 Å². The Morgan fingerprint density at radius 3 is 2.40 bits per heavy atom. The van der Waals surface area contributed by atoms with Crippen molar-refractivity contribution in [3.8, 4) is 0 Å². The van der Waals surface area contributed by atoms with Crippen molar-refractivity contribution in [1.29, 1.82) is 0 Å². The number of anilines is 1. The molecule has 2 rings (SSSR count). The zero-order valence-electron chi connectivity index (χ0n) is 13.0. The molecule has 25 heavy (non-hydrogen) atoms. The minimum Gasteiger partial charge on any atom is -0.481 e. The number of carboxylic acids is 1. The summed E-state index contributed by atoms with van der Waals surface area (Å²) in [6.07, 6.45) is -3.65. The third kappa shape index (κ3) is 6.05. The highest BCUT2D eigenvalue weighted by Gasteiger charge is 2.31. The van der Waals surface area contributed by atoms with Crippen molar-refractivity contribution in [2.45, 2.75) is 19.0 Å². The van der Waals surface area contributed by atoms with Crippen LogP contribution in [0.2, 0.25) is 5.02 Å². The highest BCUT2D eigenvalue weighted by molar-refractivity contribution is 6.33. The van der Waals surface area contributed by atoms with Gasteiger partial charge in [-0.1, -0.05) is 11.6 Å². The number of likely N-dealkylation sites (tertiary alicyclic amines) is 1. The fourth-order valence-electron chi connectivity index (χ4n) is 2.53. The predicted molar refractivity (Wildman–Crippen MR) is 89.1 cm³/mol. The summed E-state index contributed by atoms with van der Waals surface area (Å²) in [6.45, 7) is 0.861. The number of benzene rings is 1. The summed E-state index contributed by atoms with van der Waals surface area (Å²) in [4.78, 5) is 24.6. The predicted octanol–water partition coefficient (Wildman–Crippen LogP) is 3.52. The Kier molecular flexibility index (Phi) is 7.52. The first-order valence-corrected chi connectivity index (χ1v) is 7.66. The van der Waals surface area contributed by atoms with Gasteiger partial charge < -0.3 is 10.4 Å². The molecule has 0 aliphatic carbocycles. The number of alkyl halides is 3. The first kappa shape index (κ1) is 21.5. The van der Waals surface area contributed by atoms with Crippen LogP contribution < -0.4 is 5.32 Å². The first-order valence-electron chi connectivity index (χ1n) is 7.28.